The van der Waals surface area contributed by atoms with E-state index in [-0.39, 0.29) is 16.5 Å². The van der Waals surface area contributed by atoms with Gasteiger partial charge < -0.3 is 5.32 Å². The standard InChI is InChI=1S/C21H19N3O5S2/c1-15(21(25)22-16-7-11-18(12-8-16)24(26)27)30-19-13-9-17(10-14-19)23-31(28,29)20-5-3-2-4-6-20/h2-15,23H,1H3,(H,22,25). The Morgan fingerprint density at radius 2 is 1.52 bits per heavy atom. The molecule has 3 aromatic rings. The molecule has 0 fully saturated rings. The van der Waals surface area contributed by atoms with Crippen molar-refractivity contribution in [2.24, 2.45) is 0 Å². The van der Waals surface area contributed by atoms with Crippen LogP contribution < -0.4 is 10.0 Å². The second-order valence-corrected chi connectivity index (χ2v) is 9.59. The van der Waals surface area contributed by atoms with E-state index in [9.17, 15) is 23.3 Å². The van der Waals surface area contributed by atoms with Gasteiger partial charge in [0.2, 0.25) is 5.91 Å². The number of carbonyl (C=O) groups is 1. The summed E-state index contributed by atoms with van der Waals surface area (Å²) in [7, 11) is -3.67. The van der Waals surface area contributed by atoms with Crippen molar-refractivity contribution in [3.8, 4) is 0 Å². The number of carbonyl (C=O) groups excluding carboxylic acids is 1. The van der Waals surface area contributed by atoms with Gasteiger partial charge in [-0.2, -0.15) is 0 Å². The zero-order valence-electron chi connectivity index (χ0n) is 16.4. The summed E-state index contributed by atoms with van der Waals surface area (Å²) in [6, 6.07) is 20.4. The summed E-state index contributed by atoms with van der Waals surface area (Å²) >= 11 is 1.30. The topological polar surface area (TPSA) is 118 Å². The fourth-order valence-corrected chi connectivity index (χ4v) is 4.53. The van der Waals surface area contributed by atoms with Crippen molar-refractivity contribution in [2.75, 3.05) is 10.0 Å². The van der Waals surface area contributed by atoms with Crippen LogP contribution in [0.15, 0.2) is 88.7 Å². The maximum absolute atomic E-state index is 12.4. The average molecular weight is 458 g/mol. The number of sulfonamides is 1. The van der Waals surface area contributed by atoms with Gasteiger partial charge in [0, 0.05) is 28.4 Å². The fourth-order valence-electron chi connectivity index (χ4n) is 2.58. The van der Waals surface area contributed by atoms with Crippen LogP contribution in [-0.2, 0) is 14.8 Å². The van der Waals surface area contributed by atoms with E-state index in [0.29, 0.717) is 11.4 Å². The second kappa shape index (κ2) is 9.63. The molecule has 3 rings (SSSR count). The minimum atomic E-state index is -3.67. The minimum Gasteiger partial charge on any atom is -0.325 e. The molecule has 0 aliphatic rings. The quantitative estimate of drug-likeness (QED) is 0.292. The van der Waals surface area contributed by atoms with Crippen LogP contribution in [0, 0.1) is 10.1 Å². The Balaban J connectivity index is 1.58. The highest BCUT2D eigenvalue weighted by molar-refractivity contribution is 8.00. The highest BCUT2D eigenvalue weighted by Crippen LogP contribution is 2.27. The molecule has 2 N–H and O–H groups in total. The molecule has 0 saturated heterocycles. The molecule has 0 heterocycles. The van der Waals surface area contributed by atoms with Gasteiger partial charge in [0.25, 0.3) is 15.7 Å². The van der Waals surface area contributed by atoms with Gasteiger partial charge in [0.1, 0.15) is 0 Å². The molecule has 0 spiro atoms. The van der Waals surface area contributed by atoms with Gasteiger partial charge in [-0.15, -0.1) is 11.8 Å². The Labute approximate surface area is 183 Å². The third-order valence-corrected chi connectivity index (χ3v) is 6.70. The lowest BCUT2D eigenvalue weighted by Gasteiger charge is -2.13. The molecule has 1 amide bonds. The van der Waals surface area contributed by atoms with Crippen LogP contribution >= 0.6 is 11.8 Å². The number of benzene rings is 3. The molecule has 160 valence electrons. The first-order valence-electron chi connectivity index (χ1n) is 9.14. The van der Waals surface area contributed by atoms with E-state index in [0.717, 1.165) is 4.90 Å². The molecule has 31 heavy (non-hydrogen) atoms. The third-order valence-electron chi connectivity index (χ3n) is 4.19. The van der Waals surface area contributed by atoms with Gasteiger partial charge in [-0.25, -0.2) is 8.42 Å². The number of hydrogen-bond donors (Lipinski definition) is 2. The van der Waals surface area contributed by atoms with E-state index in [1.807, 2.05) is 0 Å². The van der Waals surface area contributed by atoms with Crippen molar-refractivity contribution in [1.82, 2.24) is 0 Å². The number of nitro groups is 1. The number of nitrogens with zero attached hydrogens (tertiary/aromatic N) is 1. The lowest BCUT2D eigenvalue weighted by molar-refractivity contribution is -0.384. The van der Waals surface area contributed by atoms with Crippen molar-refractivity contribution >= 4 is 44.8 Å². The number of nitrogens with one attached hydrogen (secondary N) is 2. The maximum atomic E-state index is 12.4. The minimum absolute atomic E-state index is 0.0524. The van der Waals surface area contributed by atoms with Gasteiger partial charge in [-0.1, -0.05) is 18.2 Å². The molecular formula is C21H19N3O5S2. The van der Waals surface area contributed by atoms with Crippen LogP contribution in [0.4, 0.5) is 17.1 Å². The second-order valence-electron chi connectivity index (χ2n) is 6.50. The number of rotatable bonds is 8. The molecular weight excluding hydrogens is 438 g/mol. The molecule has 0 aliphatic heterocycles. The lowest BCUT2D eigenvalue weighted by atomic mass is 10.3. The zero-order valence-corrected chi connectivity index (χ0v) is 18.0. The first kappa shape index (κ1) is 22.3. The van der Waals surface area contributed by atoms with Crippen LogP contribution in [0.5, 0.6) is 0 Å². The Bertz CT molecular complexity index is 1170. The predicted molar refractivity (Wildman–Crippen MR) is 121 cm³/mol. The van der Waals surface area contributed by atoms with E-state index >= 15 is 0 Å². The molecule has 0 radical (unpaired) electrons. The average Bonchev–Trinajstić information content (AvgIpc) is 2.76. The Hall–Kier alpha value is -3.37. The number of hydrogen-bond acceptors (Lipinski definition) is 6. The SMILES string of the molecule is CC(Sc1ccc(NS(=O)(=O)c2ccccc2)cc1)C(=O)Nc1ccc([N+](=O)[O-])cc1. The molecule has 1 atom stereocenters. The van der Waals surface area contributed by atoms with Crippen LogP contribution in [0.1, 0.15) is 6.92 Å². The van der Waals surface area contributed by atoms with E-state index < -0.39 is 20.2 Å². The van der Waals surface area contributed by atoms with Crippen molar-refractivity contribution < 1.29 is 18.1 Å². The molecule has 0 aliphatic carbocycles. The summed E-state index contributed by atoms with van der Waals surface area (Å²) in [5.41, 5.74) is 0.827. The van der Waals surface area contributed by atoms with E-state index in [4.69, 9.17) is 0 Å². The third kappa shape index (κ3) is 6.06. The molecule has 3 aromatic carbocycles. The molecule has 0 bridgehead atoms. The summed E-state index contributed by atoms with van der Waals surface area (Å²) in [5.74, 6) is -0.257. The highest BCUT2D eigenvalue weighted by Gasteiger charge is 2.16. The van der Waals surface area contributed by atoms with E-state index in [1.165, 1.54) is 48.2 Å². The maximum Gasteiger partial charge on any atom is 0.269 e. The number of thioether (sulfide) groups is 1. The Kier molecular flexibility index (Phi) is 6.93. The van der Waals surface area contributed by atoms with Gasteiger partial charge in [0.15, 0.2) is 0 Å². The Morgan fingerprint density at radius 1 is 0.935 bits per heavy atom. The summed E-state index contributed by atoms with van der Waals surface area (Å²) in [6.07, 6.45) is 0. The van der Waals surface area contributed by atoms with Crippen molar-refractivity contribution in [3.63, 3.8) is 0 Å². The molecule has 10 heteroatoms. The monoisotopic (exact) mass is 457 g/mol. The normalized spacial score (nSPS) is 12.0. The predicted octanol–water partition coefficient (Wildman–Crippen LogP) is 4.51. The fraction of sp³-hybridized carbons (Fsp3) is 0.0952. The summed E-state index contributed by atoms with van der Waals surface area (Å²) in [5, 5.41) is 13.0. The summed E-state index contributed by atoms with van der Waals surface area (Å²) < 4.78 is 27.3. The van der Waals surface area contributed by atoms with Crippen molar-refractivity contribution in [3.05, 3.63) is 89.0 Å². The van der Waals surface area contributed by atoms with Crippen LogP contribution in [0.3, 0.4) is 0 Å². The van der Waals surface area contributed by atoms with Gasteiger partial charge in [0.05, 0.1) is 15.1 Å². The Morgan fingerprint density at radius 3 is 2.10 bits per heavy atom. The van der Waals surface area contributed by atoms with Crippen LogP contribution in [0.25, 0.3) is 0 Å². The van der Waals surface area contributed by atoms with Crippen molar-refractivity contribution in [2.45, 2.75) is 22.0 Å². The van der Waals surface area contributed by atoms with Gasteiger partial charge >= 0.3 is 0 Å². The highest BCUT2D eigenvalue weighted by atomic mass is 32.2. The number of anilines is 2. The van der Waals surface area contributed by atoms with Gasteiger partial charge in [-0.3, -0.25) is 19.6 Å². The first-order valence-corrected chi connectivity index (χ1v) is 11.5. The zero-order chi connectivity index (χ0) is 22.4. The molecule has 1 unspecified atom stereocenters. The number of non-ortho nitro benzene ring substituents is 1. The van der Waals surface area contributed by atoms with Crippen LogP contribution in [0.2, 0.25) is 0 Å². The summed E-state index contributed by atoms with van der Waals surface area (Å²) in [6.45, 7) is 1.73. The van der Waals surface area contributed by atoms with Crippen LogP contribution in [-0.4, -0.2) is 24.5 Å². The first-order chi connectivity index (χ1) is 14.7. The van der Waals surface area contributed by atoms with E-state index in [1.54, 1.807) is 49.4 Å². The molecule has 0 saturated carbocycles. The molecule has 0 aromatic heterocycles. The lowest BCUT2D eigenvalue weighted by Crippen LogP contribution is -2.22. The van der Waals surface area contributed by atoms with Crippen molar-refractivity contribution in [1.29, 1.82) is 0 Å². The largest absolute Gasteiger partial charge is 0.325 e. The smallest absolute Gasteiger partial charge is 0.269 e. The number of amides is 1. The number of nitro benzene ring substituents is 1. The molecule has 8 nitrogen and oxygen atoms in total. The summed E-state index contributed by atoms with van der Waals surface area (Å²) in [4.78, 5) is 23.5. The van der Waals surface area contributed by atoms with Gasteiger partial charge in [-0.05, 0) is 55.5 Å². The van der Waals surface area contributed by atoms with E-state index in [2.05, 4.69) is 10.0 Å².